The lowest BCUT2D eigenvalue weighted by Gasteiger charge is -2.26. The van der Waals surface area contributed by atoms with Crippen LogP contribution < -0.4 is 11.1 Å². The van der Waals surface area contributed by atoms with E-state index in [-0.39, 0.29) is 6.04 Å². The fourth-order valence-corrected chi connectivity index (χ4v) is 1.30. The van der Waals surface area contributed by atoms with Crippen molar-refractivity contribution >= 4 is 0 Å². The standard InChI is InChI=1S/C11H26N2O2/c1-4-11(2,14)9-13-10(8-15-3)6-5-7-12/h10,13-14H,4-9,12H2,1-3H3. The predicted molar refractivity (Wildman–Crippen MR) is 62.9 cm³/mol. The van der Waals surface area contributed by atoms with Crippen LogP contribution in [0.3, 0.4) is 0 Å². The van der Waals surface area contributed by atoms with E-state index in [0.29, 0.717) is 19.7 Å². The predicted octanol–water partition coefficient (Wildman–Crippen LogP) is 0.491. The molecular weight excluding hydrogens is 192 g/mol. The largest absolute Gasteiger partial charge is 0.389 e. The van der Waals surface area contributed by atoms with E-state index < -0.39 is 5.60 Å². The minimum Gasteiger partial charge on any atom is -0.389 e. The molecule has 0 saturated carbocycles. The van der Waals surface area contributed by atoms with Crippen LogP contribution in [0.5, 0.6) is 0 Å². The van der Waals surface area contributed by atoms with Gasteiger partial charge in [0, 0.05) is 19.7 Å². The summed E-state index contributed by atoms with van der Waals surface area (Å²) in [6, 6.07) is 0.288. The smallest absolute Gasteiger partial charge is 0.0741 e. The molecule has 0 saturated heterocycles. The van der Waals surface area contributed by atoms with Crippen molar-refractivity contribution in [3.63, 3.8) is 0 Å². The summed E-state index contributed by atoms with van der Waals surface area (Å²) in [5.41, 5.74) is 4.83. The fourth-order valence-electron chi connectivity index (χ4n) is 1.30. The molecule has 0 amide bonds. The van der Waals surface area contributed by atoms with Crippen LogP contribution in [-0.2, 0) is 4.74 Å². The molecule has 0 fully saturated rings. The second kappa shape index (κ2) is 8.05. The van der Waals surface area contributed by atoms with Crippen molar-refractivity contribution in [2.24, 2.45) is 5.73 Å². The number of methoxy groups -OCH3 is 1. The number of aliphatic hydroxyl groups is 1. The van der Waals surface area contributed by atoms with Crippen molar-refractivity contribution in [1.29, 1.82) is 0 Å². The topological polar surface area (TPSA) is 67.5 Å². The van der Waals surface area contributed by atoms with Gasteiger partial charge in [-0.05, 0) is 32.7 Å². The Morgan fingerprint density at radius 1 is 1.53 bits per heavy atom. The highest BCUT2D eigenvalue weighted by atomic mass is 16.5. The van der Waals surface area contributed by atoms with Gasteiger partial charge in [-0.1, -0.05) is 6.92 Å². The average Bonchev–Trinajstić information content (AvgIpc) is 2.22. The summed E-state index contributed by atoms with van der Waals surface area (Å²) in [6.07, 6.45) is 2.72. The van der Waals surface area contributed by atoms with Crippen LogP contribution >= 0.6 is 0 Å². The first-order valence-corrected chi connectivity index (χ1v) is 5.70. The van der Waals surface area contributed by atoms with Crippen molar-refractivity contribution in [2.45, 2.75) is 44.8 Å². The Labute approximate surface area is 93.2 Å². The van der Waals surface area contributed by atoms with E-state index in [0.717, 1.165) is 19.3 Å². The van der Waals surface area contributed by atoms with Gasteiger partial charge < -0.3 is 20.9 Å². The van der Waals surface area contributed by atoms with E-state index in [1.54, 1.807) is 7.11 Å². The number of nitrogens with one attached hydrogen (secondary N) is 1. The summed E-state index contributed by atoms with van der Waals surface area (Å²) >= 11 is 0. The molecular formula is C11H26N2O2. The van der Waals surface area contributed by atoms with Crippen molar-refractivity contribution in [1.82, 2.24) is 5.32 Å². The molecule has 0 radical (unpaired) electrons. The molecule has 4 N–H and O–H groups in total. The van der Waals surface area contributed by atoms with Crippen molar-refractivity contribution < 1.29 is 9.84 Å². The van der Waals surface area contributed by atoms with Gasteiger partial charge in [0.25, 0.3) is 0 Å². The molecule has 2 atom stereocenters. The summed E-state index contributed by atoms with van der Waals surface area (Å²) in [7, 11) is 1.69. The van der Waals surface area contributed by atoms with Gasteiger partial charge in [0.1, 0.15) is 0 Å². The zero-order valence-corrected chi connectivity index (χ0v) is 10.3. The van der Waals surface area contributed by atoms with Crippen LogP contribution in [0.1, 0.15) is 33.1 Å². The Morgan fingerprint density at radius 3 is 2.67 bits per heavy atom. The first kappa shape index (κ1) is 14.8. The van der Waals surface area contributed by atoms with E-state index >= 15 is 0 Å². The molecule has 2 unspecified atom stereocenters. The molecule has 0 aliphatic carbocycles. The summed E-state index contributed by atoms with van der Waals surface area (Å²) < 4.78 is 5.11. The average molecular weight is 218 g/mol. The number of rotatable bonds is 9. The van der Waals surface area contributed by atoms with Crippen LogP contribution in [0, 0.1) is 0 Å². The minimum atomic E-state index is -0.630. The number of hydrogen-bond donors (Lipinski definition) is 3. The molecule has 0 rings (SSSR count). The zero-order valence-electron chi connectivity index (χ0n) is 10.3. The van der Waals surface area contributed by atoms with E-state index in [1.807, 2.05) is 13.8 Å². The summed E-state index contributed by atoms with van der Waals surface area (Å²) in [5.74, 6) is 0. The Hall–Kier alpha value is -0.160. The lowest BCUT2D eigenvalue weighted by atomic mass is 10.0. The Bertz CT molecular complexity index is 152. The second-order valence-electron chi connectivity index (χ2n) is 4.31. The van der Waals surface area contributed by atoms with Crippen molar-refractivity contribution in [3.05, 3.63) is 0 Å². The maximum Gasteiger partial charge on any atom is 0.0741 e. The molecule has 4 heteroatoms. The highest BCUT2D eigenvalue weighted by Crippen LogP contribution is 2.07. The van der Waals surface area contributed by atoms with Crippen LogP contribution in [0.2, 0.25) is 0 Å². The van der Waals surface area contributed by atoms with Gasteiger partial charge in [-0.2, -0.15) is 0 Å². The van der Waals surface area contributed by atoms with E-state index in [2.05, 4.69) is 5.32 Å². The molecule has 0 aliphatic rings. The van der Waals surface area contributed by atoms with Gasteiger partial charge in [-0.3, -0.25) is 0 Å². The quantitative estimate of drug-likeness (QED) is 0.527. The van der Waals surface area contributed by atoms with Gasteiger partial charge >= 0.3 is 0 Å². The molecule has 92 valence electrons. The van der Waals surface area contributed by atoms with Crippen molar-refractivity contribution in [3.8, 4) is 0 Å². The summed E-state index contributed by atoms with van der Waals surface area (Å²) in [6.45, 7) is 5.79. The van der Waals surface area contributed by atoms with E-state index in [4.69, 9.17) is 10.5 Å². The molecule has 0 heterocycles. The number of hydrogen-bond acceptors (Lipinski definition) is 4. The van der Waals surface area contributed by atoms with Crippen molar-refractivity contribution in [2.75, 3.05) is 26.8 Å². The minimum absolute atomic E-state index is 0.288. The first-order valence-electron chi connectivity index (χ1n) is 5.70. The maximum atomic E-state index is 9.84. The van der Waals surface area contributed by atoms with Crippen LogP contribution in [-0.4, -0.2) is 43.6 Å². The third kappa shape index (κ3) is 7.73. The van der Waals surface area contributed by atoms with Crippen LogP contribution in [0.15, 0.2) is 0 Å². The molecule has 0 bridgehead atoms. The van der Waals surface area contributed by atoms with Crippen LogP contribution in [0.4, 0.5) is 0 Å². The number of nitrogens with two attached hydrogens (primary N) is 1. The normalized spacial score (nSPS) is 17.4. The Morgan fingerprint density at radius 2 is 2.20 bits per heavy atom. The molecule has 4 nitrogen and oxygen atoms in total. The van der Waals surface area contributed by atoms with E-state index in [1.165, 1.54) is 0 Å². The lowest BCUT2D eigenvalue weighted by molar-refractivity contribution is 0.0475. The van der Waals surface area contributed by atoms with Crippen LogP contribution in [0.25, 0.3) is 0 Å². The Balaban J connectivity index is 3.83. The first-order chi connectivity index (χ1) is 7.05. The highest BCUT2D eigenvalue weighted by Gasteiger charge is 2.19. The third-order valence-corrected chi connectivity index (χ3v) is 2.66. The number of ether oxygens (including phenoxy) is 1. The molecule has 0 aromatic carbocycles. The van der Waals surface area contributed by atoms with E-state index in [9.17, 15) is 5.11 Å². The zero-order chi connectivity index (χ0) is 11.7. The van der Waals surface area contributed by atoms with Gasteiger partial charge in [-0.15, -0.1) is 0 Å². The van der Waals surface area contributed by atoms with Gasteiger partial charge in [-0.25, -0.2) is 0 Å². The maximum absolute atomic E-state index is 9.84. The SMILES string of the molecule is CCC(C)(O)CNC(CCCN)COC. The molecule has 0 spiro atoms. The third-order valence-electron chi connectivity index (χ3n) is 2.66. The fraction of sp³-hybridized carbons (Fsp3) is 1.00. The Kier molecular flexibility index (Phi) is 7.96. The molecule has 0 aromatic rings. The molecule has 0 aromatic heterocycles. The molecule has 0 aliphatic heterocycles. The summed E-state index contributed by atoms with van der Waals surface area (Å²) in [5, 5.41) is 13.2. The monoisotopic (exact) mass is 218 g/mol. The van der Waals surface area contributed by atoms with Gasteiger partial charge in [0.2, 0.25) is 0 Å². The van der Waals surface area contributed by atoms with Gasteiger partial charge in [0.15, 0.2) is 0 Å². The second-order valence-corrected chi connectivity index (χ2v) is 4.31. The molecule has 15 heavy (non-hydrogen) atoms. The summed E-state index contributed by atoms with van der Waals surface area (Å²) in [4.78, 5) is 0. The highest BCUT2D eigenvalue weighted by molar-refractivity contribution is 4.77. The van der Waals surface area contributed by atoms with Gasteiger partial charge in [0.05, 0.1) is 12.2 Å². The lowest BCUT2D eigenvalue weighted by Crippen LogP contribution is -2.44.